The highest BCUT2D eigenvalue weighted by atomic mass is 32.2. The van der Waals surface area contributed by atoms with Gasteiger partial charge in [0.25, 0.3) is 0 Å². The zero-order chi connectivity index (χ0) is 36.0. The number of nitrogens with one attached hydrogen (secondary N) is 1. The normalized spacial score (nSPS) is 20.8. The number of fused-ring (bicyclic) bond motifs is 1. The number of nitrogens with zero attached hydrogens (tertiary/aromatic N) is 1. The van der Waals surface area contributed by atoms with Crippen molar-refractivity contribution in [2.45, 2.75) is 101 Å². The molecule has 3 unspecified atom stereocenters. The fourth-order valence-corrected chi connectivity index (χ4v) is 7.27. The Balaban J connectivity index is 1.19. The average Bonchev–Trinajstić information content (AvgIpc) is 3.61. The van der Waals surface area contributed by atoms with E-state index in [4.69, 9.17) is 37.9 Å². The Hall–Kier alpha value is -1.91. The number of ether oxygens (including phenoxy) is 8. The third-order valence-corrected chi connectivity index (χ3v) is 10.0. The molecule has 0 bridgehead atoms. The minimum atomic E-state index is -3.82. The van der Waals surface area contributed by atoms with Gasteiger partial charge >= 0.3 is 0 Å². The topological polar surface area (TPSA) is 123 Å². The van der Waals surface area contributed by atoms with Crippen LogP contribution in [0.5, 0.6) is 0 Å². The molecule has 0 aromatic heterocycles. The van der Waals surface area contributed by atoms with Gasteiger partial charge in [0, 0.05) is 63.5 Å². The first kappa shape index (κ1) is 40.9. The summed E-state index contributed by atoms with van der Waals surface area (Å²) in [6, 6.07) is 11.1. The molecule has 0 aliphatic carbocycles. The largest absolute Gasteiger partial charge is 0.379 e. The third-order valence-electron chi connectivity index (χ3n) is 8.54. The highest BCUT2D eigenvalue weighted by Crippen LogP contribution is 2.30. The standard InChI is InChI=1S/C37H60N2O10S/c1-36(2)46-27-30(48-36)25-43-20-10-7-9-19-42-24-29(45-22-12-8-11-21-44-26-31-28-47-37(3,4)49-31)23-38-50(40,41)35-18-14-15-32-33(35)16-13-17-34(32)39(5)6/h13-18,29-31,38H,7-12,19-28H2,1-6H3. The first-order chi connectivity index (χ1) is 23.9. The first-order valence-corrected chi connectivity index (χ1v) is 19.5. The Kier molecular flexibility index (Phi) is 16.2. The van der Waals surface area contributed by atoms with Gasteiger partial charge in [0.1, 0.15) is 12.2 Å². The van der Waals surface area contributed by atoms with Crippen LogP contribution in [0.3, 0.4) is 0 Å². The van der Waals surface area contributed by atoms with Gasteiger partial charge < -0.3 is 42.8 Å². The molecule has 2 heterocycles. The molecule has 50 heavy (non-hydrogen) atoms. The van der Waals surface area contributed by atoms with Gasteiger partial charge in [-0.25, -0.2) is 13.1 Å². The monoisotopic (exact) mass is 724 g/mol. The van der Waals surface area contributed by atoms with Gasteiger partial charge in [-0.2, -0.15) is 0 Å². The second-order valence-corrected chi connectivity index (χ2v) is 15.9. The maximum Gasteiger partial charge on any atom is 0.241 e. The average molecular weight is 725 g/mol. The summed E-state index contributed by atoms with van der Waals surface area (Å²) in [5.41, 5.74) is 0.956. The van der Waals surface area contributed by atoms with Crippen LogP contribution in [-0.4, -0.2) is 118 Å². The minimum absolute atomic E-state index is 0.0211. The number of unbranched alkanes of at least 4 members (excludes halogenated alkanes) is 4. The summed E-state index contributed by atoms with van der Waals surface area (Å²) in [4.78, 5) is 2.22. The summed E-state index contributed by atoms with van der Waals surface area (Å²) in [5, 5.41) is 1.55. The molecular weight excluding hydrogens is 664 g/mol. The second-order valence-electron chi connectivity index (χ2n) is 14.1. The Morgan fingerprint density at radius 2 is 1.30 bits per heavy atom. The predicted molar refractivity (Wildman–Crippen MR) is 193 cm³/mol. The lowest BCUT2D eigenvalue weighted by atomic mass is 10.1. The summed E-state index contributed by atoms with van der Waals surface area (Å²) >= 11 is 0. The van der Waals surface area contributed by atoms with Gasteiger partial charge in [0.05, 0.1) is 44.0 Å². The summed E-state index contributed by atoms with van der Waals surface area (Å²) < 4.78 is 76.4. The van der Waals surface area contributed by atoms with E-state index in [1.54, 1.807) is 12.1 Å². The van der Waals surface area contributed by atoms with Crippen LogP contribution in [0.25, 0.3) is 10.8 Å². The van der Waals surface area contributed by atoms with E-state index in [1.807, 2.05) is 71.0 Å². The smallest absolute Gasteiger partial charge is 0.241 e. The van der Waals surface area contributed by atoms with Crippen molar-refractivity contribution >= 4 is 26.5 Å². The Morgan fingerprint density at radius 3 is 1.86 bits per heavy atom. The van der Waals surface area contributed by atoms with Gasteiger partial charge in [-0.3, -0.25) is 0 Å². The number of benzene rings is 2. The lowest BCUT2D eigenvalue weighted by Gasteiger charge is -2.20. The molecule has 2 fully saturated rings. The summed E-state index contributed by atoms with van der Waals surface area (Å²) in [7, 11) is 0.0759. The number of hydrogen-bond donors (Lipinski definition) is 1. The molecule has 12 nitrogen and oxygen atoms in total. The van der Waals surface area contributed by atoms with Crippen LogP contribution >= 0.6 is 0 Å². The number of sulfonamides is 1. The van der Waals surface area contributed by atoms with Crippen molar-refractivity contribution in [1.29, 1.82) is 0 Å². The van der Waals surface area contributed by atoms with Crippen LogP contribution in [0.4, 0.5) is 5.69 Å². The lowest BCUT2D eigenvalue weighted by molar-refractivity contribution is -0.145. The molecule has 2 aliphatic rings. The maximum absolute atomic E-state index is 13.6. The minimum Gasteiger partial charge on any atom is -0.379 e. The molecule has 0 saturated carbocycles. The number of anilines is 1. The molecule has 3 atom stereocenters. The van der Waals surface area contributed by atoms with E-state index in [9.17, 15) is 8.42 Å². The van der Waals surface area contributed by atoms with Crippen LogP contribution in [0.2, 0.25) is 0 Å². The molecule has 4 rings (SSSR count). The molecule has 1 N–H and O–H groups in total. The van der Waals surface area contributed by atoms with E-state index in [0.29, 0.717) is 58.2 Å². The van der Waals surface area contributed by atoms with Gasteiger partial charge in [0.15, 0.2) is 11.6 Å². The third kappa shape index (κ3) is 13.6. The van der Waals surface area contributed by atoms with Crippen molar-refractivity contribution in [2.75, 3.05) is 85.0 Å². The van der Waals surface area contributed by atoms with Crippen molar-refractivity contribution < 1.29 is 46.3 Å². The van der Waals surface area contributed by atoms with Crippen LogP contribution in [0.15, 0.2) is 41.3 Å². The Labute approximate surface area is 299 Å². The van der Waals surface area contributed by atoms with E-state index in [0.717, 1.165) is 49.6 Å². The van der Waals surface area contributed by atoms with Crippen molar-refractivity contribution in [1.82, 2.24) is 4.72 Å². The van der Waals surface area contributed by atoms with Crippen molar-refractivity contribution in [3.63, 3.8) is 0 Å². The van der Waals surface area contributed by atoms with E-state index in [1.165, 1.54) is 0 Å². The molecule has 13 heteroatoms. The molecular formula is C37H60N2O10S. The summed E-state index contributed by atoms with van der Waals surface area (Å²) in [6.07, 6.45) is 4.92. The van der Waals surface area contributed by atoms with Crippen LogP contribution in [0.1, 0.15) is 66.2 Å². The maximum atomic E-state index is 13.6. The zero-order valence-corrected chi connectivity index (χ0v) is 31.8. The molecule has 2 aromatic carbocycles. The van der Waals surface area contributed by atoms with Gasteiger partial charge in [0.2, 0.25) is 10.0 Å². The van der Waals surface area contributed by atoms with E-state index in [2.05, 4.69) is 4.72 Å². The first-order valence-electron chi connectivity index (χ1n) is 18.0. The van der Waals surface area contributed by atoms with E-state index >= 15 is 0 Å². The fraction of sp³-hybridized carbons (Fsp3) is 0.730. The SMILES string of the molecule is CN(C)c1cccc2c(S(=O)(=O)NCC(COCCCCCOCC3COC(C)(C)O3)OCCCCCOCC3COC(C)(C)O3)cccc12. The van der Waals surface area contributed by atoms with Crippen molar-refractivity contribution in [2.24, 2.45) is 0 Å². The van der Waals surface area contributed by atoms with Gasteiger partial charge in [-0.05, 0) is 78.4 Å². The number of hydrogen-bond acceptors (Lipinski definition) is 11. The predicted octanol–water partition coefficient (Wildman–Crippen LogP) is 5.26. The van der Waals surface area contributed by atoms with Crippen LogP contribution < -0.4 is 9.62 Å². The van der Waals surface area contributed by atoms with E-state index in [-0.39, 0.29) is 30.3 Å². The highest BCUT2D eigenvalue weighted by molar-refractivity contribution is 7.89. The van der Waals surface area contributed by atoms with E-state index < -0.39 is 27.7 Å². The molecule has 0 radical (unpaired) electrons. The molecule has 2 aromatic rings. The molecule has 2 saturated heterocycles. The molecule has 0 amide bonds. The molecule has 0 spiro atoms. The lowest BCUT2D eigenvalue weighted by Crippen LogP contribution is -2.36. The van der Waals surface area contributed by atoms with Gasteiger partial charge in [-0.15, -0.1) is 0 Å². The van der Waals surface area contributed by atoms with Crippen molar-refractivity contribution in [3.8, 4) is 0 Å². The van der Waals surface area contributed by atoms with Crippen molar-refractivity contribution in [3.05, 3.63) is 36.4 Å². The fourth-order valence-electron chi connectivity index (χ4n) is 5.99. The molecule has 2 aliphatic heterocycles. The quantitative estimate of drug-likeness (QED) is 0.143. The zero-order valence-electron chi connectivity index (χ0n) is 30.9. The molecule has 284 valence electrons. The second kappa shape index (κ2) is 19.8. The highest BCUT2D eigenvalue weighted by Gasteiger charge is 2.33. The summed E-state index contributed by atoms with van der Waals surface area (Å²) in [6.45, 7) is 12.5. The Bertz CT molecular complexity index is 1400. The summed E-state index contributed by atoms with van der Waals surface area (Å²) in [5.74, 6) is -1.08. The van der Waals surface area contributed by atoms with Crippen LogP contribution in [-0.2, 0) is 47.9 Å². The Morgan fingerprint density at radius 1 is 0.760 bits per heavy atom. The number of rotatable bonds is 24. The van der Waals surface area contributed by atoms with Crippen LogP contribution in [0, 0.1) is 0 Å². The van der Waals surface area contributed by atoms with Gasteiger partial charge in [-0.1, -0.05) is 24.3 Å².